The third-order valence-electron chi connectivity index (χ3n) is 4.22. The van der Waals surface area contributed by atoms with Gasteiger partial charge in [-0.05, 0) is 54.8 Å². The van der Waals surface area contributed by atoms with Gasteiger partial charge in [0.15, 0.2) is 0 Å². The van der Waals surface area contributed by atoms with Gasteiger partial charge in [0.25, 0.3) is 0 Å². The van der Waals surface area contributed by atoms with Gasteiger partial charge in [-0.3, -0.25) is 4.68 Å². The van der Waals surface area contributed by atoms with E-state index in [0.29, 0.717) is 5.95 Å². The van der Waals surface area contributed by atoms with Crippen molar-refractivity contribution in [2.45, 2.75) is 25.8 Å². The van der Waals surface area contributed by atoms with Crippen molar-refractivity contribution in [2.24, 2.45) is 0 Å². The van der Waals surface area contributed by atoms with Crippen LogP contribution in [0.3, 0.4) is 0 Å². The summed E-state index contributed by atoms with van der Waals surface area (Å²) >= 11 is 5.15. The van der Waals surface area contributed by atoms with Crippen molar-refractivity contribution in [1.82, 2.24) is 24.6 Å². The van der Waals surface area contributed by atoms with Crippen molar-refractivity contribution in [3.63, 3.8) is 0 Å². The van der Waals surface area contributed by atoms with E-state index in [9.17, 15) is 0 Å². The topological polar surface area (TPSA) is 58.9 Å². The highest BCUT2D eigenvalue weighted by molar-refractivity contribution is 9.10. The van der Waals surface area contributed by atoms with E-state index in [1.807, 2.05) is 28.7 Å². The minimum absolute atomic E-state index is 0.596. The normalized spacial score (nSPS) is 15.4. The van der Waals surface area contributed by atoms with Crippen LogP contribution in [0.5, 0.6) is 0 Å². The molecule has 0 atom stereocenters. The molecule has 1 aliphatic heterocycles. The molecule has 8 heteroatoms. The Labute approximate surface area is 153 Å². The van der Waals surface area contributed by atoms with Crippen LogP contribution in [0.25, 0.3) is 10.2 Å². The molecule has 1 fully saturated rings. The van der Waals surface area contributed by atoms with Gasteiger partial charge in [-0.1, -0.05) is 0 Å². The summed E-state index contributed by atoms with van der Waals surface area (Å²) in [4.78, 5) is 11.4. The van der Waals surface area contributed by atoms with Crippen molar-refractivity contribution in [2.75, 3.05) is 25.0 Å². The maximum atomic E-state index is 4.55. The molecule has 3 aromatic rings. The lowest BCUT2D eigenvalue weighted by Crippen LogP contribution is -2.21. The molecule has 0 aromatic carbocycles. The van der Waals surface area contributed by atoms with Crippen molar-refractivity contribution in [3.8, 4) is 0 Å². The first-order valence-electron chi connectivity index (χ1n) is 8.19. The fourth-order valence-electron chi connectivity index (χ4n) is 3.00. The Morgan fingerprint density at radius 3 is 2.96 bits per heavy atom. The molecule has 0 saturated carbocycles. The first kappa shape index (κ1) is 16.0. The van der Waals surface area contributed by atoms with E-state index in [2.05, 4.69) is 41.2 Å². The lowest BCUT2D eigenvalue weighted by Gasteiger charge is -2.13. The Morgan fingerprint density at radius 1 is 1.21 bits per heavy atom. The van der Waals surface area contributed by atoms with Crippen LogP contribution in [-0.2, 0) is 6.54 Å². The molecule has 1 N–H and O–H groups in total. The van der Waals surface area contributed by atoms with Crippen LogP contribution in [0.15, 0.2) is 28.4 Å². The molecule has 0 radical (unpaired) electrons. The Hall–Kier alpha value is -1.51. The zero-order valence-electron chi connectivity index (χ0n) is 13.3. The first-order chi connectivity index (χ1) is 11.8. The largest absolute Gasteiger partial charge is 0.321 e. The number of fused-ring (bicyclic) bond motifs is 1. The molecule has 126 valence electrons. The van der Waals surface area contributed by atoms with Crippen LogP contribution in [0, 0.1) is 0 Å². The average molecular weight is 407 g/mol. The number of halogens is 1. The summed E-state index contributed by atoms with van der Waals surface area (Å²) in [6.07, 6.45) is 9.51. The SMILES string of the molecule is Brc1csc2cnc(Nc3cnn(CCCN4CCCC4)c3)nc12. The van der Waals surface area contributed by atoms with Crippen LogP contribution in [-0.4, -0.2) is 44.3 Å². The highest BCUT2D eigenvalue weighted by Gasteiger charge is 2.11. The number of nitrogens with zero attached hydrogens (tertiary/aromatic N) is 5. The minimum atomic E-state index is 0.596. The van der Waals surface area contributed by atoms with E-state index in [1.165, 1.54) is 25.9 Å². The second-order valence-corrected chi connectivity index (χ2v) is 7.78. The Bertz CT molecular complexity index is 823. The standard InChI is InChI=1S/C16H19BrN6S/c17-13-11-24-14-9-18-16(21-15(13)14)20-12-8-19-23(10-12)7-3-6-22-4-1-2-5-22/h8-11H,1-7H2,(H,18,20,21). The number of rotatable bonds is 6. The summed E-state index contributed by atoms with van der Waals surface area (Å²) in [5, 5.41) is 9.68. The fourth-order valence-corrected chi connectivity index (χ4v) is 4.44. The summed E-state index contributed by atoms with van der Waals surface area (Å²) in [6, 6.07) is 0. The van der Waals surface area contributed by atoms with E-state index in [1.54, 1.807) is 11.3 Å². The predicted molar refractivity (Wildman–Crippen MR) is 101 cm³/mol. The Balaban J connectivity index is 1.36. The third kappa shape index (κ3) is 3.60. The van der Waals surface area contributed by atoms with Crippen LogP contribution >= 0.6 is 27.3 Å². The van der Waals surface area contributed by atoms with Gasteiger partial charge in [0.05, 0.1) is 27.3 Å². The van der Waals surface area contributed by atoms with Gasteiger partial charge < -0.3 is 10.2 Å². The molecule has 3 aromatic heterocycles. The van der Waals surface area contributed by atoms with Crippen LogP contribution in [0.1, 0.15) is 19.3 Å². The molecule has 0 bridgehead atoms. The first-order valence-corrected chi connectivity index (χ1v) is 9.87. The zero-order valence-corrected chi connectivity index (χ0v) is 15.7. The molecule has 0 unspecified atom stereocenters. The number of anilines is 2. The maximum Gasteiger partial charge on any atom is 0.227 e. The van der Waals surface area contributed by atoms with Gasteiger partial charge in [-0.15, -0.1) is 11.3 Å². The van der Waals surface area contributed by atoms with Gasteiger partial charge in [-0.2, -0.15) is 5.10 Å². The molecule has 24 heavy (non-hydrogen) atoms. The van der Waals surface area contributed by atoms with Crippen molar-refractivity contribution >= 4 is 49.1 Å². The van der Waals surface area contributed by atoms with Gasteiger partial charge in [-0.25, -0.2) is 9.97 Å². The number of aryl methyl sites for hydroxylation is 1. The molecule has 1 saturated heterocycles. The van der Waals surface area contributed by atoms with Crippen LogP contribution in [0.2, 0.25) is 0 Å². The second-order valence-electron chi connectivity index (χ2n) is 6.01. The van der Waals surface area contributed by atoms with Gasteiger partial charge in [0, 0.05) is 18.1 Å². The van der Waals surface area contributed by atoms with E-state index in [-0.39, 0.29) is 0 Å². The number of hydrogen-bond acceptors (Lipinski definition) is 6. The number of thiophene rings is 1. The monoisotopic (exact) mass is 406 g/mol. The number of nitrogens with one attached hydrogen (secondary N) is 1. The summed E-state index contributed by atoms with van der Waals surface area (Å²) in [5.41, 5.74) is 1.86. The van der Waals surface area contributed by atoms with E-state index in [4.69, 9.17) is 0 Å². The zero-order chi connectivity index (χ0) is 16.4. The number of aromatic nitrogens is 4. The fraction of sp³-hybridized carbons (Fsp3) is 0.438. The van der Waals surface area contributed by atoms with Crippen LogP contribution in [0.4, 0.5) is 11.6 Å². The number of likely N-dealkylation sites (tertiary alicyclic amines) is 1. The molecule has 1 aliphatic rings. The molecule has 4 heterocycles. The summed E-state index contributed by atoms with van der Waals surface area (Å²) in [6.45, 7) is 4.61. The van der Waals surface area contributed by atoms with Crippen LogP contribution < -0.4 is 5.32 Å². The lowest BCUT2D eigenvalue weighted by atomic mass is 10.4. The molecule has 0 amide bonds. The van der Waals surface area contributed by atoms with E-state index in [0.717, 1.165) is 39.9 Å². The van der Waals surface area contributed by atoms with Crippen molar-refractivity contribution < 1.29 is 0 Å². The van der Waals surface area contributed by atoms with Crippen molar-refractivity contribution in [3.05, 3.63) is 28.4 Å². The molecular formula is C16H19BrN6S. The van der Waals surface area contributed by atoms with Crippen molar-refractivity contribution in [1.29, 1.82) is 0 Å². The summed E-state index contributed by atoms with van der Waals surface area (Å²) in [7, 11) is 0. The van der Waals surface area contributed by atoms with Gasteiger partial charge in [0.2, 0.25) is 5.95 Å². The van der Waals surface area contributed by atoms with E-state index < -0.39 is 0 Å². The highest BCUT2D eigenvalue weighted by Crippen LogP contribution is 2.29. The smallest absolute Gasteiger partial charge is 0.227 e. The van der Waals surface area contributed by atoms with Gasteiger partial charge >= 0.3 is 0 Å². The maximum absolute atomic E-state index is 4.55. The Morgan fingerprint density at radius 2 is 2.08 bits per heavy atom. The minimum Gasteiger partial charge on any atom is -0.321 e. The Kier molecular flexibility index (Phi) is 4.77. The quantitative estimate of drug-likeness (QED) is 0.672. The second kappa shape index (κ2) is 7.16. The summed E-state index contributed by atoms with van der Waals surface area (Å²) < 4.78 is 4.06. The van der Waals surface area contributed by atoms with E-state index >= 15 is 0 Å². The summed E-state index contributed by atoms with van der Waals surface area (Å²) in [5.74, 6) is 0.596. The third-order valence-corrected chi connectivity index (χ3v) is 6.03. The molecule has 0 aliphatic carbocycles. The highest BCUT2D eigenvalue weighted by atomic mass is 79.9. The molecular weight excluding hydrogens is 388 g/mol. The van der Waals surface area contributed by atoms with Gasteiger partial charge in [0.1, 0.15) is 5.52 Å². The average Bonchev–Trinajstić information content (AvgIpc) is 3.31. The molecule has 0 spiro atoms. The molecule has 4 rings (SSSR count). The number of hydrogen-bond donors (Lipinski definition) is 1. The molecule has 6 nitrogen and oxygen atoms in total. The lowest BCUT2D eigenvalue weighted by molar-refractivity contribution is 0.322. The predicted octanol–water partition coefficient (Wildman–Crippen LogP) is 3.88.